The normalized spacial score (nSPS) is 11.7. The number of benzene rings is 1. The Morgan fingerprint density at radius 2 is 2.24 bits per heavy atom. The second-order valence-electron chi connectivity index (χ2n) is 4.89. The molecule has 0 amide bonds. The van der Waals surface area contributed by atoms with Crippen molar-refractivity contribution in [3.63, 3.8) is 0 Å². The molecule has 1 heterocycles. The number of carboxylic acid groups (broad SMARTS) is 1. The van der Waals surface area contributed by atoms with Crippen LogP contribution in [0.1, 0.15) is 27.7 Å². The number of nitrogens with zero attached hydrogens (tertiary/aromatic N) is 2. The monoisotopic (exact) mass is 300 g/mol. The van der Waals surface area contributed by atoms with Gasteiger partial charge in [-0.1, -0.05) is 6.07 Å². The lowest BCUT2D eigenvalue weighted by molar-refractivity contribution is 0.0697. The van der Waals surface area contributed by atoms with E-state index >= 15 is 0 Å². The Bertz CT molecular complexity index is 674. The average molecular weight is 300 g/mol. The molecule has 2 aromatic rings. The first-order chi connectivity index (χ1) is 10.0. The molecular weight excluding hydrogens is 284 g/mol. The molecule has 1 unspecified atom stereocenters. The summed E-state index contributed by atoms with van der Waals surface area (Å²) in [6, 6.07) is 11.1. The highest BCUT2D eigenvalue weighted by Crippen LogP contribution is 2.24. The van der Waals surface area contributed by atoms with Crippen LogP contribution < -0.4 is 4.90 Å². The van der Waals surface area contributed by atoms with Gasteiger partial charge in [0.2, 0.25) is 0 Å². The Kier molecular flexibility index (Phi) is 4.61. The van der Waals surface area contributed by atoms with Crippen molar-refractivity contribution in [1.82, 2.24) is 0 Å². The van der Waals surface area contributed by atoms with Gasteiger partial charge >= 0.3 is 5.97 Å². The van der Waals surface area contributed by atoms with Crippen molar-refractivity contribution in [2.24, 2.45) is 0 Å². The van der Waals surface area contributed by atoms with E-state index < -0.39 is 5.97 Å². The van der Waals surface area contributed by atoms with Gasteiger partial charge in [-0.05, 0) is 36.6 Å². The quantitative estimate of drug-likeness (QED) is 0.919. The fourth-order valence-corrected chi connectivity index (χ4v) is 2.99. The van der Waals surface area contributed by atoms with Crippen LogP contribution in [0, 0.1) is 11.3 Å². The van der Waals surface area contributed by atoms with Gasteiger partial charge in [0.25, 0.3) is 0 Å². The summed E-state index contributed by atoms with van der Waals surface area (Å²) in [5.74, 6) is -1.02. The van der Waals surface area contributed by atoms with Gasteiger partial charge in [0.1, 0.15) is 6.07 Å². The maximum absolute atomic E-state index is 11.0. The van der Waals surface area contributed by atoms with Gasteiger partial charge in [-0.25, -0.2) is 4.79 Å². The lowest BCUT2D eigenvalue weighted by Gasteiger charge is -2.27. The number of hydrogen-bond acceptors (Lipinski definition) is 4. The van der Waals surface area contributed by atoms with Gasteiger partial charge in [0.15, 0.2) is 0 Å². The lowest BCUT2D eigenvalue weighted by atomic mass is 10.1. The molecule has 0 aliphatic rings. The SMILES string of the molecule is CC(Cc1cccs1)N(C)c1ccc(C(=O)O)cc1C#N. The first-order valence-electron chi connectivity index (χ1n) is 6.55. The van der Waals surface area contributed by atoms with Crippen LogP contribution in [0.25, 0.3) is 0 Å². The van der Waals surface area contributed by atoms with Crippen LogP contribution in [0.3, 0.4) is 0 Å². The zero-order chi connectivity index (χ0) is 15.4. The third-order valence-corrected chi connectivity index (χ3v) is 4.38. The van der Waals surface area contributed by atoms with E-state index in [0.29, 0.717) is 5.56 Å². The van der Waals surface area contributed by atoms with E-state index in [1.165, 1.54) is 17.0 Å². The third-order valence-electron chi connectivity index (χ3n) is 3.48. The Balaban J connectivity index is 2.24. The van der Waals surface area contributed by atoms with E-state index in [2.05, 4.69) is 19.1 Å². The Morgan fingerprint density at radius 1 is 1.48 bits per heavy atom. The van der Waals surface area contributed by atoms with Crippen LogP contribution in [-0.2, 0) is 6.42 Å². The van der Waals surface area contributed by atoms with Gasteiger partial charge in [-0.15, -0.1) is 11.3 Å². The summed E-state index contributed by atoms with van der Waals surface area (Å²) in [4.78, 5) is 14.3. The van der Waals surface area contributed by atoms with Crippen LogP contribution in [0.5, 0.6) is 0 Å². The molecule has 1 atom stereocenters. The second kappa shape index (κ2) is 6.42. The van der Waals surface area contributed by atoms with E-state index in [-0.39, 0.29) is 11.6 Å². The molecule has 1 aromatic heterocycles. The van der Waals surface area contributed by atoms with Crippen LogP contribution in [0.4, 0.5) is 5.69 Å². The van der Waals surface area contributed by atoms with Gasteiger partial charge in [0.05, 0.1) is 16.8 Å². The van der Waals surface area contributed by atoms with Crippen molar-refractivity contribution >= 4 is 23.0 Å². The van der Waals surface area contributed by atoms with E-state index in [1.807, 2.05) is 23.4 Å². The fraction of sp³-hybridized carbons (Fsp3) is 0.250. The molecule has 0 aliphatic carbocycles. The van der Waals surface area contributed by atoms with E-state index in [9.17, 15) is 10.1 Å². The van der Waals surface area contributed by atoms with Crippen molar-refractivity contribution in [2.45, 2.75) is 19.4 Å². The van der Waals surface area contributed by atoms with E-state index in [0.717, 1.165) is 12.1 Å². The standard InChI is InChI=1S/C16H16N2O2S/c1-11(8-14-4-3-7-21-14)18(2)15-6-5-12(16(19)20)9-13(15)10-17/h3-7,9,11H,8H2,1-2H3,(H,19,20). The van der Waals surface area contributed by atoms with Crippen molar-refractivity contribution in [2.75, 3.05) is 11.9 Å². The Morgan fingerprint density at radius 3 is 2.81 bits per heavy atom. The number of carboxylic acids is 1. The minimum Gasteiger partial charge on any atom is -0.478 e. The predicted molar refractivity (Wildman–Crippen MR) is 84.0 cm³/mol. The highest BCUT2D eigenvalue weighted by molar-refractivity contribution is 7.09. The maximum Gasteiger partial charge on any atom is 0.335 e. The molecule has 0 saturated carbocycles. The van der Waals surface area contributed by atoms with E-state index in [4.69, 9.17) is 5.11 Å². The van der Waals surface area contributed by atoms with Gasteiger partial charge in [0, 0.05) is 24.4 Å². The number of thiophene rings is 1. The molecular formula is C16H16N2O2S. The number of likely N-dealkylation sites (N-methyl/N-ethyl adjacent to an activating group) is 1. The molecule has 2 rings (SSSR count). The van der Waals surface area contributed by atoms with Gasteiger partial charge < -0.3 is 10.0 Å². The molecule has 1 N–H and O–H groups in total. The molecule has 0 fully saturated rings. The van der Waals surface area contributed by atoms with E-state index in [1.54, 1.807) is 17.4 Å². The van der Waals surface area contributed by atoms with Crippen molar-refractivity contribution < 1.29 is 9.90 Å². The lowest BCUT2D eigenvalue weighted by Crippen LogP contribution is -2.31. The van der Waals surface area contributed by atoms with Gasteiger partial charge in [-0.3, -0.25) is 0 Å². The van der Waals surface area contributed by atoms with Crippen LogP contribution in [0.15, 0.2) is 35.7 Å². The largest absolute Gasteiger partial charge is 0.478 e. The number of rotatable bonds is 5. The molecule has 5 heteroatoms. The summed E-state index contributed by atoms with van der Waals surface area (Å²) < 4.78 is 0. The number of nitriles is 1. The minimum atomic E-state index is -1.02. The van der Waals surface area contributed by atoms with Crippen LogP contribution in [-0.4, -0.2) is 24.2 Å². The Labute approximate surface area is 127 Å². The second-order valence-corrected chi connectivity index (χ2v) is 5.92. The van der Waals surface area contributed by atoms with Crippen LogP contribution >= 0.6 is 11.3 Å². The van der Waals surface area contributed by atoms with Crippen molar-refractivity contribution in [3.8, 4) is 6.07 Å². The molecule has 0 radical (unpaired) electrons. The topological polar surface area (TPSA) is 64.3 Å². The summed E-state index contributed by atoms with van der Waals surface area (Å²) >= 11 is 1.71. The first-order valence-corrected chi connectivity index (χ1v) is 7.43. The van der Waals surface area contributed by atoms with Gasteiger partial charge in [-0.2, -0.15) is 5.26 Å². The molecule has 0 bridgehead atoms. The molecule has 0 saturated heterocycles. The molecule has 108 valence electrons. The highest BCUT2D eigenvalue weighted by atomic mass is 32.1. The highest BCUT2D eigenvalue weighted by Gasteiger charge is 2.16. The minimum absolute atomic E-state index is 0.134. The van der Waals surface area contributed by atoms with Crippen molar-refractivity contribution in [3.05, 3.63) is 51.7 Å². The zero-order valence-electron chi connectivity index (χ0n) is 11.9. The summed E-state index contributed by atoms with van der Waals surface area (Å²) in [5, 5.41) is 20.3. The molecule has 4 nitrogen and oxygen atoms in total. The number of hydrogen-bond donors (Lipinski definition) is 1. The average Bonchev–Trinajstić information content (AvgIpc) is 2.98. The summed E-state index contributed by atoms with van der Waals surface area (Å²) in [7, 11) is 1.93. The fourth-order valence-electron chi connectivity index (χ4n) is 2.16. The predicted octanol–water partition coefficient (Wildman–Crippen LogP) is 3.39. The summed E-state index contributed by atoms with van der Waals surface area (Å²) in [6.07, 6.45) is 0.889. The third kappa shape index (κ3) is 3.41. The summed E-state index contributed by atoms with van der Waals surface area (Å²) in [6.45, 7) is 2.09. The number of aromatic carboxylic acids is 1. The molecule has 1 aromatic carbocycles. The molecule has 0 aliphatic heterocycles. The number of anilines is 1. The summed E-state index contributed by atoms with van der Waals surface area (Å²) in [5.41, 5.74) is 1.27. The Hall–Kier alpha value is -2.32. The molecule has 21 heavy (non-hydrogen) atoms. The maximum atomic E-state index is 11.0. The first kappa shape index (κ1) is 15.1. The van der Waals surface area contributed by atoms with Crippen molar-refractivity contribution in [1.29, 1.82) is 5.26 Å². The van der Waals surface area contributed by atoms with Crippen LogP contribution in [0.2, 0.25) is 0 Å². The number of carbonyl (C=O) groups is 1. The molecule has 0 spiro atoms. The zero-order valence-corrected chi connectivity index (χ0v) is 12.7. The smallest absolute Gasteiger partial charge is 0.335 e.